The van der Waals surface area contributed by atoms with Crippen molar-refractivity contribution in [3.05, 3.63) is 0 Å². The van der Waals surface area contributed by atoms with Crippen molar-refractivity contribution in [3.63, 3.8) is 0 Å². The molecule has 2 aliphatic rings. The molecule has 14 heavy (non-hydrogen) atoms. The van der Waals surface area contributed by atoms with Crippen LogP contribution in [-0.2, 0) is 4.74 Å². The van der Waals surface area contributed by atoms with Gasteiger partial charge < -0.3 is 10.1 Å². The number of hydrogen-bond donors (Lipinski definition) is 1. The highest BCUT2D eigenvalue weighted by Gasteiger charge is 2.26. The summed E-state index contributed by atoms with van der Waals surface area (Å²) in [4.78, 5) is 2.66. The van der Waals surface area contributed by atoms with Gasteiger partial charge in [0.15, 0.2) is 0 Å². The van der Waals surface area contributed by atoms with Gasteiger partial charge in [-0.1, -0.05) is 0 Å². The Kier molecular flexibility index (Phi) is 3.79. The lowest BCUT2D eigenvalue weighted by molar-refractivity contribution is 0.0780. The van der Waals surface area contributed by atoms with Gasteiger partial charge in [-0.25, -0.2) is 0 Å². The maximum atomic E-state index is 5.57. The molecule has 0 aromatic rings. The molecule has 2 heterocycles. The molecule has 0 radical (unpaired) electrons. The fourth-order valence-corrected chi connectivity index (χ4v) is 2.60. The molecule has 3 nitrogen and oxygen atoms in total. The van der Waals surface area contributed by atoms with E-state index in [0.717, 1.165) is 19.3 Å². The zero-order valence-electron chi connectivity index (χ0n) is 9.17. The topological polar surface area (TPSA) is 24.5 Å². The minimum Gasteiger partial charge on any atom is -0.380 e. The minimum atomic E-state index is 0.612. The second-order valence-electron chi connectivity index (χ2n) is 4.50. The van der Waals surface area contributed by atoms with Crippen LogP contribution >= 0.6 is 0 Å². The van der Waals surface area contributed by atoms with E-state index in [1.807, 2.05) is 0 Å². The zero-order valence-corrected chi connectivity index (χ0v) is 9.17. The van der Waals surface area contributed by atoms with Gasteiger partial charge in [-0.3, -0.25) is 4.90 Å². The monoisotopic (exact) mass is 198 g/mol. The maximum absolute atomic E-state index is 5.57. The molecule has 2 aliphatic heterocycles. The molecular formula is C11H22N2O. The van der Waals surface area contributed by atoms with Crippen LogP contribution in [0.4, 0.5) is 0 Å². The molecule has 1 atom stereocenters. The Hall–Kier alpha value is -0.120. The second kappa shape index (κ2) is 5.10. The number of nitrogens with one attached hydrogen (secondary N) is 1. The Morgan fingerprint density at radius 1 is 1.29 bits per heavy atom. The van der Waals surface area contributed by atoms with Crippen LogP contribution in [0, 0.1) is 0 Å². The minimum absolute atomic E-state index is 0.612. The van der Waals surface area contributed by atoms with Crippen molar-refractivity contribution in [3.8, 4) is 0 Å². The van der Waals surface area contributed by atoms with Crippen LogP contribution < -0.4 is 5.32 Å². The molecule has 0 aromatic heterocycles. The lowest BCUT2D eigenvalue weighted by atomic mass is 10.0. The van der Waals surface area contributed by atoms with Gasteiger partial charge in [-0.2, -0.15) is 0 Å². The van der Waals surface area contributed by atoms with Gasteiger partial charge in [-0.05, 0) is 39.3 Å². The van der Waals surface area contributed by atoms with Crippen molar-refractivity contribution in [1.29, 1.82) is 0 Å². The summed E-state index contributed by atoms with van der Waals surface area (Å²) in [5.41, 5.74) is 0. The Balaban J connectivity index is 1.91. The first-order valence-electron chi connectivity index (χ1n) is 5.92. The van der Waals surface area contributed by atoms with E-state index in [2.05, 4.69) is 17.1 Å². The molecule has 3 heteroatoms. The van der Waals surface area contributed by atoms with E-state index in [9.17, 15) is 0 Å². The smallest absolute Gasteiger partial charge is 0.0619 e. The highest BCUT2D eigenvalue weighted by molar-refractivity contribution is 4.82. The predicted molar refractivity (Wildman–Crippen MR) is 57.5 cm³/mol. The highest BCUT2D eigenvalue weighted by Crippen LogP contribution is 2.17. The van der Waals surface area contributed by atoms with E-state index in [1.165, 1.54) is 38.9 Å². The molecule has 1 unspecified atom stereocenters. The fourth-order valence-electron chi connectivity index (χ4n) is 2.60. The molecule has 0 bridgehead atoms. The summed E-state index contributed by atoms with van der Waals surface area (Å²) in [7, 11) is 0. The summed E-state index contributed by atoms with van der Waals surface area (Å²) in [6, 6.07) is 1.41. The molecule has 2 rings (SSSR count). The Morgan fingerprint density at radius 2 is 2.07 bits per heavy atom. The first-order chi connectivity index (χ1) is 6.88. The summed E-state index contributed by atoms with van der Waals surface area (Å²) in [5, 5.41) is 3.43. The van der Waals surface area contributed by atoms with Crippen LogP contribution in [-0.4, -0.2) is 49.8 Å². The third-order valence-corrected chi connectivity index (χ3v) is 3.41. The average molecular weight is 198 g/mol. The van der Waals surface area contributed by atoms with Gasteiger partial charge in [0.1, 0.15) is 0 Å². The second-order valence-corrected chi connectivity index (χ2v) is 4.50. The normalized spacial score (nSPS) is 32.8. The van der Waals surface area contributed by atoms with Crippen molar-refractivity contribution >= 4 is 0 Å². The first-order valence-corrected chi connectivity index (χ1v) is 5.92. The molecule has 0 aromatic carbocycles. The van der Waals surface area contributed by atoms with E-state index < -0.39 is 0 Å². The maximum Gasteiger partial charge on any atom is 0.0619 e. The van der Waals surface area contributed by atoms with Gasteiger partial charge in [0.2, 0.25) is 0 Å². The summed E-state index contributed by atoms with van der Waals surface area (Å²) < 4.78 is 5.57. The highest BCUT2D eigenvalue weighted by atomic mass is 16.5. The molecule has 0 spiro atoms. The standard InChI is InChI=1S/C11H22N2O/c1-10-9-14-8-2-7-13(10)11-3-5-12-6-4-11/h10-12H,2-9H2,1H3. The predicted octanol–water partition coefficient (Wildman–Crippen LogP) is 0.849. The molecule has 0 amide bonds. The Bertz CT molecular complexity index is 169. The van der Waals surface area contributed by atoms with Gasteiger partial charge in [-0.15, -0.1) is 0 Å². The third kappa shape index (κ3) is 2.47. The summed E-state index contributed by atoms with van der Waals surface area (Å²) in [6.45, 7) is 7.78. The van der Waals surface area contributed by atoms with Crippen molar-refractivity contribution in [2.75, 3.05) is 32.8 Å². The Morgan fingerprint density at radius 3 is 2.86 bits per heavy atom. The molecule has 82 valence electrons. The van der Waals surface area contributed by atoms with Crippen molar-refractivity contribution in [2.24, 2.45) is 0 Å². The Labute approximate surface area is 86.8 Å². The van der Waals surface area contributed by atoms with E-state index in [-0.39, 0.29) is 0 Å². The molecule has 1 N–H and O–H groups in total. The number of rotatable bonds is 1. The number of nitrogens with zero attached hydrogens (tertiary/aromatic N) is 1. The van der Waals surface area contributed by atoms with Gasteiger partial charge in [0.25, 0.3) is 0 Å². The van der Waals surface area contributed by atoms with Crippen LogP contribution in [0.3, 0.4) is 0 Å². The summed E-state index contributed by atoms with van der Waals surface area (Å²) in [5.74, 6) is 0. The van der Waals surface area contributed by atoms with Crippen LogP contribution in [0.2, 0.25) is 0 Å². The van der Waals surface area contributed by atoms with Gasteiger partial charge >= 0.3 is 0 Å². The molecular weight excluding hydrogens is 176 g/mol. The quantitative estimate of drug-likeness (QED) is 0.676. The van der Waals surface area contributed by atoms with Crippen molar-refractivity contribution in [1.82, 2.24) is 10.2 Å². The molecule has 2 saturated heterocycles. The van der Waals surface area contributed by atoms with Crippen molar-refractivity contribution < 1.29 is 4.74 Å². The molecule has 2 fully saturated rings. The van der Waals surface area contributed by atoms with Crippen LogP contribution in [0.15, 0.2) is 0 Å². The van der Waals surface area contributed by atoms with Gasteiger partial charge in [0, 0.05) is 25.2 Å². The molecule has 0 saturated carbocycles. The van der Waals surface area contributed by atoms with E-state index in [0.29, 0.717) is 6.04 Å². The largest absolute Gasteiger partial charge is 0.380 e. The zero-order chi connectivity index (χ0) is 9.80. The molecule has 0 aliphatic carbocycles. The van der Waals surface area contributed by atoms with E-state index in [4.69, 9.17) is 4.74 Å². The van der Waals surface area contributed by atoms with E-state index in [1.54, 1.807) is 0 Å². The fraction of sp³-hybridized carbons (Fsp3) is 1.00. The summed E-state index contributed by atoms with van der Waals surface area (Å²) in [6.07, 6.45) is 3.82. The van der Waals surface area contributed by atoms with Crippen LogP contribution in [0.5, 0.6) is 0 Å². The number of piperidine rings is 1. The van der Waals surface area contributed by atoms with Crippen molar-refractivity contribution in [2.45, 2.75) is 38.3 Å². The van der Waals surface area contributed by atoms with Crippen LogP contribution in [0.25, 0.3) is 0 Å². The van der Waals surface area contributed by atoms with E-state index >= 15 is 0 Å². The number of hydrogen-bond acceptors (Lipinski definition) is 3. The first kappa shape index (κ1) is 10.4. The van der Waals surface area contributed by atoms with Crippen LogP contribution in [0.1, 0.15) is 26.2 Å². The third-order valence-electron chi connectivity index (χ3n) is 3.41. The lowest BCUT2D eigenvalue weighted by Gasteiger charge is -2.37. The van der Waals surface area contributed by atoms with Gasteiger partial charge in [0.05, 0.1) is 6.61 Å². The average Bonchev–Trinajstić information content (AvgIpc) is 2.44. The number of ether oxygens (including phenoxy) is 1. The summed E-state index contributed by atoms with van der Waals surface area (Å²) >= 11 is 0. The lowest BCUT2D eigenvalue weighted by Crippen LogP contribution is -2.48. The SMILES string of the molecule is CC1COCCCN1C1CCNCC1.